The molecule has 132 valence electrons. The molecule has 3 heterocycles. The van der Waals surface area contributed by atoms with E-state index in [9.17, 15) is 9.59 Å². The van der Waals surface area contributed by atoms with E-state index in [4.69, 9.17) is 4.98 Å². The summed E-state index contributed by atoms with van der Waals surface area (Å²) < 4.78 is 1.47. The molecule has 0 aliphatic carbocycles. The van der Waals surface area contributed by atoms with E-state index >= 15 is 0 Å². The smallest absolute Gasteiger partial charge is 0.272 e. The van der Waals surface area contributed by atoms with E-state index in [-0.39, 0.29) is 17.4 Å². The molecule has 1 atom stereocenters. The number of aromatic nitrogens is 3. The number of aryl methyl sites for hydroxylation is 1. The normalized spacial score (nSPS) is 17.2. The number of nitrogens with zero attached hydrogens (tertiary/aromatic N) is 3. The fourth-order valence-electron chi connectivity index (χ4n) is 3.63. The predicted octanol–water partition coefficient (Wildman–Crippen LogP) is 2.50. The van der Waals surface area contributed by atoms with Crippen molar-refractivity contribution in [1.82, 2.24) is 19.5 Å². The van der Waals surface area contributed by atoms with Crippen LogP contribution in [0.2, 0.25) is 0 Å². The summed E-state index contributed by atoms with van der Waals surface area (Å²) in [4.78, 5) is 31.3. The van der Waals surface area contributed by atoms with Crippen LogP contribution in [-0.2, 0) is 4.79 Å². The molecule has 4 rings (SSSR count). The van der Waals surface area contributed by atoms with Crippen molar-refractivity contribution in [3.8, 4) is 11.1 Å². The number of nitrogens with one attached hydrogen (secondary N) is 1. The van der Waals surface area contributed by atoms with Crippen LogP contribution in [0.25, 0.3) is 16.8 Å². The molecule has 26 heavy (non-hydrogen) atoms. The van der Waals surface area contributed by atoms with Gasteiger partial charge in [0.15, 0.2) is 5.65 Å². The number of hydrogen-bond donors (Lipinski definition) is 1. The van der Waals surface area contributed by atoms with Gasteiger partial charge in [-0.2, -0.15) is 0 Å². The second-order valence-electron chi connectivity index (χ2n) is 6.64. The number of carbonyl (C=O) groups is 1. The van der Waals surface area contributed by atoms with Crippen LogP contribution < -0.4 is 5.56 Å². The molecular weight excluding hydrogens is 328 g/mol. The zero-order valence-electron chi connectivity index (χ0n) is 14.6. The third-order valence-corrected chi connectivity index (χ3v) is 4.86. The lowest BCUT2D eigenvalue weighted by Gasteiger charge is -2.13. The van der Waals surface area contributed by atoms with E-state index in [1.165, 1.54) is 10.6 Å². The average Bonchev–Trinajstić information content (AvgIpc) is 3.16. The highest BCUT2D eigenvalue weighted by Crippen LogP contribution is 2.30. The summed E-state index contributed by atoms with van der Waals surface area (Å²) in [6, 6.07) is 11.4. The number of carbonyl (C=O) groups excluding carboxylic acids is 1. The van der Waals surface area contributed by atoms with Crippen LogP contribution >= 0.6 is 0 Å². The van der Waals surface area contributed by atoms with Gasteiger partial charge in [0.05, 0.1) is 5.69 Å². The minimum atomic E-state index is -0.162. The van der Waals surface area contributed by atoms with Gasteiger partial charge in [0.2, 0.25) is 5.91 Å². The van der Waals surface area contributed by atoms with Crippen LogP contribution in [0.3, 0.4) is 0 Å². The lowest BCUT2D eigenvalue weighted by molar-refractivity contribution is -0.127. The molecule has 6 nitrogen and oxygen atoms in total. The molecule has 2 aromatic heterocycles. The Morgan fingerprint density at radius 1 is 1.31 bits per heavy atom. The first-order chi connectivity index (χ1) is 12.6. The lowest BCUT2D eigenvalue weighted by Crippen LogP contribution is -2.25. The Labute approximate surface area is 150 Å². The molecule has 0 bridgehead atoms. The zero-order valence-corrected chi connectivity index (χ0v) is 14.6. The van der Waals surface area contributed by atoms with Crippen molar-refractivity contribution in [2.75, 3.05) is 13.1 Å². The van der Waals surface area contributed by atoms with Crippen LogP contribution in [0.1, 0.15) is 23.7 Å². The third kappa shape index (κ3) is 2.63. The van der Waals surface area contributed by atoms with Crippen molar-refractivity contribution in [1.29, 1.82) is 0 Å². The minimum absolute atomic E-state index is 0.0704. The van der Waals surface area contributed by atoms with Crippen molar-refractivity contribution in [2.24, 2.45) is 0 Å². The highest BCUT2D eigenvalue weighted by molar-refractivity contribution is 5.81. The molecule has 1 fully saturated rings. The Hall–Kier alpha value is -3.15. The number of amides is 1. The van der Waals surface area contributed by atoms with E-state index < -0.39 is 0 Å². The zero-order chi connectivity index (χ0) is 18.3. The summed E-state index contributed by atoms with van der Waals surface area (Å²) in [5.41, 5.74) is 3.91. The summed E-state index contributed by atoms with van der Waals surface area (Å²) in [7, 11) is 0. The molecule has 1 aliphatic heterocycles. The van der Waals surface area contributed by atoms with Gasteiger partial charge in [0.25, 0.3) is 5.56 Å². The largest absolute Gasteiger partial charge is 0.338 e. The van der Waals surface area contributed by atoms with E-state index in [0.717, 1.165) is 16.8 Å². The minimum Gasteiger partial charge on any atom is -0.338 e. The van der Waals surface area contributed by atoms with Crippen LogP contribution in [0.5, 0.6) is 0 Å². The molecule has 0 saturated carbocycles. The number of H-pyrrole nitrogens is 1. The maximum Gasteiger partial charge on any atom is 0.272 e. The predicted molar refractivity (Wildman–Crippen MR) is 100 cm³/mol. The molecule has 1 saturated heterocycles. The number of benzene rings is 1. The summed E-state index contributed by atoms with van der Waals surface area (Å²) in [5, 5.41) is 3.10. The molecule has 1 unspecified atom stereocenters. The second kappa shape index (κ2) is 6.29. The molecule has 0 spiro atoms. The summed E-state index contributed by atoms with van der Waals surface area (Å²) in [6.45, 7) is 6.71. The van der Waals surface area contributed by atoms with E-state index in [1.54, 1.807) is 11.0 Å². The average molecular weight is 348 g/mol. The van der Waals surface area contributed by atoms with Crippen molar-refractivity contribution in [2.45, 2.75) is 19.3 Å². The van der Waals surface area contributed by atoms with Crippen molar-refractivity contribution in [3.63, 3.8) is 0 Å². The van der Waals surface area contributed by atoms with Gasteiger partial charge in [-0.1, -0.05) is 36.4 Å². The van der Waals surface area contributed by atoms with Gasteiger partial charge < -0.3 is 4.90 Å². The van der Waals surface area contributed by atoms with Crippen molar-refractivity contribution >= 4 is 11.6 Å². The molecule has 3 aromatic rings. The molecule has 0 radical (unpaired) electrons. The van der Waals surface area contributed by atoms with Gasteiger partial charge in [-0.05, 0) is 12.5 Å². The summed E-state index contributed by atoms with van der Waals surface area (Å²) in [5.74, 6) is 0.00408. The standard InChI is InChI=1S/C20H20N4O2/c1-3-9-23-12-15(10-17(23)25)16-11-18(26)24-20(21-16)19(13(2)22-24)14-7-5-4-6-8-14/h3-8,11,15,22H,1,9-10,12H2,2H3. The van der Waals surface area contributed by atoms with Crippen molar-refractivity contribution < 1.29 is 4.79 Å². The number of likely N-dealkylation sites (tertiary alicyclic amines) is 1. The monoisotopic (exact) mass is 348 g/mol. The lowest BCUT2D eigenvalue weighted by atomic mass is 10.0. The molecule has 1 amide bonds. The number of hydrogen-bond acceptors (Lipinski definition) is 3. The van der Waals surface area contributed by atoms with Gasteiger partial charge in [-0.25, -0.2) is 9.50 Å². The third-order valence-electron chi connectivity index (χ3n) is 4.86. The Kier molecular flexibility index (Phi) is 3.95. The fourth-order valence-corrected chi connectivity index (χ4v) is 3.63. The fraction of sp³-hybridized carbons (Fsp3) is 0.250. The van der Waals surface area contributed by atoms with Crippen LogP contribution in [0.4, 0.5) is 0 Å². The maximum absolute atomic E-state index is 12.6. The van der Waals surface area contributed by atoms with Crippen LogP contribution in [-0.4, -0.2) is 38.5 Å². The Morgan fingerprint density at radius 3 is 2.81 bits per heavy atom. The molecular formula is C20H20N4O2. The number of fused-ring (bicyclic) bond motifs is 1. The van der Waals surface area contributed by atoms with Gasteiger partial charge in [-0.3, -0.25) is 14.7 Å². The van der Waals surface area contributed by atoms with Gasteiger partial charge in [-0.15, -0.1) is 6.58 Å². The quantitative estimate of drug-likeness (QED) is 0.737. The SMILES string of the molecule is C=CCN1CC(c2cc(=O)n3[nH]c(C)c(-c4ccccc4)c3n2)CC1=O. The molecule has 1 N–H and O–H groups in total. The van der Waals surface area contributed by atoms with Gasteiger partial charge in [0, 0.05) is 42.8 Å². The van der Waals surface area contributed by atoms with E-state index in [1.807, 2.05) is 37.3 Å². The van der Waals surface area contributed by atoms with Crippen LogP contribution in [0.15, 0.2) is 53.8 Å². The number of aromatic amines is 1. The van der Waals surface area contributed by atoms with E-state index in [2.05, 4.69) is 11.7 Å². The van der Waals surface area contributed by atoms with Crippen LogP contribution in [0, 0.1) is 6.92 Å². The Bertz CT molecular complexity index is 1050. The van der Waals surface area contributed by atoms with Crippen molar-refractivity contribution in [3.05, 3.63) is 70.8 Å². The summed E-state index contributed by atoms with van der Waals surface area (Å²) >= 11 is 0. The second-order valence-corrected chi connectivity index (χ2v) is 6.64. The molecule has 6 heteroatoms. The number of rotatable bonds is 4. The van der Waals surface area contributed by atoms with Gasteiger partial charge >= 0.3 is 0 Å². The first kappa shape index (κ1) is 16.3. The maximum atomic E-state index is 12.6. The van der Waals surface area contributed by atoms with Gasteiger partial charge in [0.1, 0.15) is 0 Å². The highest BCUT2D eigenvalue weighted by atomic mass is 16.2. The summed E-state index contributed by atoms with van der Waals surface area (Å²) in [6.07, 6.45) is 2.09. The first-order valence-corrected chi connectivity index (χ1v) is 8.65. The Balaban J connectivity index is 1.83. The highest BCUT2D eigenvalue weighted by Gasteiger charge is 2.31. The topological polar surface area (TPSA) is 70.5 Å². The first-order valence-electron chi connectivity index (χ1n) is 8.65. The molecule has 1 aromatic carbocycles. The van der Waals surface area contributed by atoms with E-state index in [0.29, 0.717) is 30.9 Å². The molecule has 1 aliphatic rings. The Morgan fingerprint density at radius 2 is 2.08 bits per heavy atom.